The van der Waals surface area contributed by atoms with E-state index in [1.54, 1.807) is 0 Å². The quantitative estimate of drug-likeness (QED) is 0.816. The number of hydrogen-bond donors (Lipinski definition) is 1. The lowest BCUT2D eigenvalue weighted by atomic mass is 9.84. The van der Waals surface area contributed by atoms with Crippen LogP contribution in [-0.4, -0.2) is 36.5 Å². The van der Waals surface area contributed by atoms with Crippen LogP contribution in [0.3, 0.4) is 0 Å². The van der Waals surface area contributed by atoms with Gasteiger partial charge in [-0.3, -0.25) is 4.79 Å². The summed E-state index contributed by atoms with van der Waals surface area (Å²) in [5.41, 5.74) is 0. The van der Waals surface area contributed by atoms with Gasteiger partial charge in [0, 0.05) is 19.0 Å². The van der Waals surface area contributed by atoms with Crippen LogP contribution in [0.2, 0.25) is 0 Å². The van der Waals surface area contributed by atoms with Crippen molar-refractivity contribution in [3.05, 3.63) is 0 Å². The van der Waals surface area contributed by atoms with E-state index >= 15 is 0 Å². The number of hydrogen-bond acceptors (Lipinski definition) is 2. The maximum absolute atomic E-state index is 12.2. The van der Waals surface area contributed by atoms with E-state index < -0.39 is 0 Å². The van der Waals surface area contributed by atoms with E-state index in [1.807, 2.05) is 0 Å². The van der Waals surface area contributed by atoms with Crippen molar-refractivity contribution in [1.29, 1.82) is 0 Å². The van der Waals surface area contributed by atoms with Crippen molar-refractivity contribution in [3.63, 3.8) is 0 Å². The molecule has 0 radical (unpaired) electrons. The lowest BCUT2D eigenvalue weighted by Gasteiger charge is -2.30. The maximum Gasteiger partial charge on any atom is 0.223 e. The van der Waals surface area contributed by atoms with Crippen LogP contribution in [0.15, 0.2) is 0 Å². The number of amides is 1. The van der Waals surface area contributed by atoms with E-state index in [2.05, 4.69) is 24.1 Å². The Morgan fingerprint density at radius 1 is 1.35 bits per heavy atom. The van der Waals surface area contributed by atoms with E-state index in [0.29, 0.717) is 17.9 Å². The van der Waals surface area contributed by atoms with Crippen molar-refractivity contribution in [2.24, 2.45) is 11.8 Å². The highest BCUT2D eigenvalue weighted by molar-refractivity contribution is 5.77. The van der Waals surface area contributed by atoms with E-state index in [-0.39, 0.29) is 0 Å². The smallest absolute Gasteiger partial charge is 0.223 e. The molecule has 2 aliphatic heterocycles. The molecule has 0 aromatic rings. The van der Waals surface area contributed by atoms with Gasteiger partial charge in [-0.25, -0.2) is 0 Å². The van der Waals surface area contributed by atoms with Crippen LogP contribution in [0.5, 0.6) is 0 Å². The van der Waals surface area contributed by atoms with Crippen LogP contribution in [0.1, 0.15) is 46.0 Å². The molecular formula is C14H26N2O. The summed E-state index contributed by atoms with van der Waals surface area (Å²) in [6.45, 7) is 7.68. The second-order valence-electron chi connectivity index (χ2n) is 5.85. The lowest BCUT2D eigenvalue weighted by Crippen LogP contribution is -2.37. The minimum atomic E-state index is 0.390. The monoisotopic (exact) mass is 238 g/mol. The van der Waals surface area contributed by atoms with Crippen molar-refractivity contribution < 1.29 is 4.79 Å². The van der Waals surface area contributed by atoms with Gasteiger partial charge in [-0.05, 0) is 57.5 Å². The SMILES string of the molecule is CC(CC(=O)N1CCCC1C)C1CCNCC1. The zero-order valence-corrected chi connectivity index (χ0v) is 11.2. The standard InChI is InChI=1S/C14H26N2O/c1-11(13-5-7-15-8-6-13)10-14(17)16-9-3-4-12(16)2/h11-13,15H,3-10H2,1-2H3. The van der Waals surface area contributed by atoms with Gasteiger partial charge in [0.05, 0.1) is 0 Å². The van der Waals surface area contributed by atoms with E-state index in [0.717, 1.165) is 32.0 Å². The van der Waals surface area contributed by atoms with Gasteiger partial charge in [-0.2, -0.15) is 0 Å². The third-order valence-electron chi connectivity index (χ3n) is 4.56. The summed E-state index contributed by atoms with van der Waals surface area (Å²) in [5, 5.41) is 3.39. The molecule has 2 unspecified atom stereocenters. The summed E-state index contributed by atoms with van der Waals surface area (Å²) in [4.78, 5) is 14.3. The van der Waals surface area contributed by atoms with E-state index in [1.165, 1.54) is 25.7 Å². The third kappa shape index (κ3) is 3.21. The van der Waals surface area contributed by atoms with Gasteiger partial charge in [0.15, 0.2) is 0 Å². The van der Waals surface area contributed by atoms with Gasteiger partial charge in [0.1, 0.15) is 0 Å². The summed E-state index contributed by atoms with van der Waals surface area (Å²) in [6.07, 6.45) is 5.62. The Morgan fingerprint density at radius 3 is 2.65 bits per heavy atom. The Bertz CT molecular complexity index is 261. The number of nitrogens with zero attached hydrogens (tertiary/aromatic N) is 1. The number of nitrogens with one attached hydrogen (secondary N) is 1. The number of carbonyl (C=O) groups excluding carboxylic acids is 1. The first-order valence-corrected chi connectivity index (χ1v) is 7.18. The predicted molar refractivity (Wildman–Crippen MR) is 69.8 cm³/mol. The summed E-state index contributed by atoms with van der Waals surface area (Å²) in [5.74, 6) is 1.69. The lowest BCUT2D eigenvalue weighted by molar-refractivity contribution is -0.133. The molecule has 2 heterocycles. The number of carbonyl (C=O) groups is 1. The highest BCUT2D eigenvalue weighted by atomic mass is 16.2. The minimum Gasteiger partial charge on any atom is -0.340 e. The summed E-state index contributed by atoms with van der Waals surface area (Å²) >= 11 is 0. The Labute approximate surface area is 105 Å². The first-order chi connectivity index (χ1) is 8.18. The third-order valence-corrected chi connectivity index (χ3v) is 4.56. The number of rotatable bonds is 3. The topological polar surface area (TPSA) is 32.3 Å². The molecule has 2 fully saturated rings. The molecule has 0 saturated carbocycles. The molecule has 3 heteroatoms. The maximum atomic E-state index is 12.2. The van der Waals surface area contributed by atoms with E-state index in [9.17, 15) is 4.79 Å². The van der Waals surface area contributed by atoms with Crippen molar-refractivity contribution in [1.82, 2.24) is 10.2 Å². The fourth-order valence-corrected chi connectivity index (χ4v) is 3.28. The van der Waals surface area contributed by atoms with Gasteiger partial charge >= 0.3 is 0 Å². The van der Waals surface area contributed by atoms with Crippen LogP contribution < -0.4 is 5.32 Å². The molecular weight excluding hydrogens is 212 g/mol. The fourth-order valence-electron chi connectivity index (χ4n) is 3.28. The second-order valence-corrected chi connectivity index (χ2v) is 5.85. The van der Waals surface area contributed by atoms with Crippen LogP contribution >= 0.6 is 0 Å². The largest absolute Gasteiger partial charge is 0.340 e. The zero-order chi connectivity index (χ0) is 12.3. The van der Waals surface area contributed by atoms with E-state index in [4.69, 9.17) is 0 Å². The molecule has 0 aromatic carbocycles. The molecule has 2 rings (SSSR count). The molecule has 17 heavy (non-hydrogen) atoms. The van der Waals surface area contributed by atoms with Crippen molar-refractivity contribution in [2.75, 3.05) is 19.6 Å². The van der Waals surface area contributed by atoms with Crippen molar-refractivity contribution in [2.45, 2.75) is 52.0 Å². The second kappa shape index (κ2) is 5.85. The average Bonchev–Trinajstić information content (AvgIpc) is 2.76. The normalized spacial score (nSPS) is 28.4. The van der Waals surface area contributed by atoms with Crippen LogP contribution in [0.4, 0.5) is 0 Å². The summed E-state index contributed by atoms with van der Waals surface area (Å²) in [6, 6.07) is 0.475. The Morgan fingerprint density at radius 2 is 2.06 bits per heavy atom. The van der Waals surface area contributed by atoms with Crippen LogP contribution in [0, 0.1) is 11.8 Å². The first-order valence-electron chi connectivity index (χ1n) is 7.18. The number of likely N-dealkylation sites (tertiary alicyclic amines) is 1. The molecule has 98 valence electrons. The fraction of sp³-hybridized carbons (Fsp3) is 0.929. The zero-order valence-electron chi connectivity index (χ0n) is 11.2. The molecule has 3 nitrogen and oxygen atoms in total. The Hall–Kier alpha value is -0.570. The molecule has 2 aliphatic rings. The molecule has 0 aliphatic carbocycles. The van der Waals surface area contributed by atoms with Crippen molar-refractivity contribution >= 4 is 5.91 Å². The van der Waals surface area contributed by atoms with Gasteiger partial charge in [0.25, 0.3) is 0 Å². The summed E-state index contributed by atoms with van der Waals surface area (Å²) < 4.78 is 0. The minimum absolute atomic E-state index is 0.390. The van der Waals surface area contributed by atoms with Gasteiger partial charge < -0.3 is 10.2 Å². The van der Waals surface area contributed by atoms with Gasteiger partial charge in [0.2, 0.25) is 5.91 Å². The molecule has 2 saturated heterocycles. The summed E-state index contributed by atoms with van der Waals surface area (Å²) in [7, 11) is 0. The first kappa shape index (κ1) is 12.9. The molecule has 2 atom stereocenters. The van der Waals surface area contributed by atoms with Crippen molar-refractivity contribution in [3.8, 4) is 0 Å². The molecule has 0 bridgehead atoms. The molecule has 0 spiro atoms. The highest BCUT2D eigenvalue weighted by Gasteiger charge is 2.28. The highest BCUT2D eigenvalue weighted by Crippen LogP contribution is 2.26. The van der Waals surface area contributed by atoms with Crippen LogP contribution in [0.25, 0.3) is 0 Å². The van der Waals surface area contributed by atoms with Gasteiger partial charge in [-0.1, -0.05) is 6.92 Å². The Balaban J connectivity index is 1.80. The van der Waals surface area contributed by atoms with Gasteiger partial charge in [-0.15, -0.1) is 0 Å². The van der Waals surface area contributed by atoms with Crippen LogP contribution in [-0.2, 0) is 4.79 Å². The number of piperidine rings is 1. The molecule has 0 aromatic heterocycles. The predicted octanol–water partition coefficient (Wildman–Crippen LogP) is 2.02. The Kier molecular flexibility index (Phi) is 4.43. The molecule has 1 amide bonds. The molecule has 1 N–H and O–H groups in total. The average molecular weight is 238 g/mol.